The maximum atomic E-state index is 11.5. The van der Waals surface area contributed by atoms with Gasteiger partial charge in [0.2, 0.25) is 5.91 Å². The van der Waals surface area contributed by atoms with Crippen LogP contribution in [0.25, 0.3) is 10.2 Å². The number of benzene rings is 1. The molecule has 0 saturated carbocycles. The number of aromatic nitrogens is 1. The first-order valence-corrected chi connectivity index (χ1v) is 6.42. The van der Waals surface area contributed by atoms with Crippen LogP contribution in [-0.4, -0.2) is 29.9 Å². The highest BCUT2D eigenvalue weighted by Crippen LogP contribution is 2.25. The Kier molecular flexibility index (Phi) is 3.25. The molecule has 0 aliphatic rings. The topological polar surface area (TPSA) is 33.2 Å². The molecular formula is C11H11BrN2OS. The quantitative estimate of drug-likeness (QED) is 0.854. The highest BCUT2D eigenvalue weighted by Gasteiger charge is 2.10. The van der Waals surface area contributed by atoms with Crippen molar-refractivity contribution in [1.82, 2.24) is 9.88 Å². The summed E-state index contributed by atoms with van der Waals surface area (Å²) in [5.41, 5.74) is 0.953. The van der Waals surface area contributed by atoms with Crippen molar-refractivity contribution < 1.29 is 4.79 Å². The molecule has 0 aliphatic carbocycles. The Labute approximate surface area is 106 Å². The second-order valence-electron chi connectivity index (χ2n) is 3.68. The number of hydrogen-bond donors (Lipinski definition) is 0. The smallest absolute Gasteiger partial charge is 0.228 e. The fraction of sp³-hybridized carbons (Fsp3) is 0.273. The zero-order valence-corrected chi connectivity index (χ0v) is 11.4. The largest absolute Gasteiger partial charge is 0.348 e. The summed E-state index contributed by atoms with van der Waals surface area (Å²) in [7, 11) is 3.51. The average molecular weight is 299 g/mol. The van der Waals surface area contributed by atoms with Gasteiger partial charge in [-0.05, 0) is 18.2 Å². The highest BCUT2D eigenvalue weighted by atomic mass is 79.9. The van der Waals surface area contributed by atoms with Crippen LogP contribution in [0.5, 0.6) is 0 Å². The number of thiazole rings is 1. The van der Waals surface area contributed by atoms with Gasteiger partial charge >= 0.3 is 0 Å². The first-order valence-electron chi connectivity index (χ1n) is 4.81. The molecule has 0 aliphatic heterocycles. The molecule has 2 rings (SSSR count). The van der Waals surface area contributed by atoms with Gasteiger partial charge in [-0.25, -0.2) is 4.98 Å². The number of fused-ring (bicyclic) bond motifs is 1. The first-order chi connectivity index (χ1) is 7.56. The van der Waals surface area contributed by atoms with E-state index >= 15 is 0 Å². The summed E-state index contributed by atoms with van der Waals surface area (Å²) >= 11 is 4.99. The van der Waals surface area contributed by atoms with Gasteiger partial charge < -0.3 is 4.90 Å². The van der Waals surface area contributed by atoms with Crippen LogP contribution < -0.4 is 0 Å². The van der Waals surface area contributed by atoms with Gasteiger partial charge in [-0.15, -0.1) is 11.3 Å². The van der Waals surface area contributed by atoms with Gasteiger partial charge in [0.1, 0.15) is 5.01 Å². The van der Waals surface area contributed by atoms with Crippen LogP contribution in [0.2, 0.25) is 0 Å². The number of likely N-dealkylation sites (N-methyl/N-ethyl adjacent to an activating group) is 1. The van der Waals surface area contributed by atoms with Gasteiger partial charge in [-0.3, -0.25) is 4.79 Å². The fourth-order valence-electron chi connectivity index (χ4n) is 1.31. The van der Waals surface area contributed by atoms with Gasteiger partial charge in [0.05, 0.1) is 16.6 Å². The molecule has 0 bridgehead atoms. The predicted octanol–water partition coefficient (Wildman–Crippen LogP) is 2.69. The van der Waals surface area contributed by atoms with E-state index in [0.717, 1.165) is 19.7 Å². The Hall–Kier alpha value is -0.940. The zero-order chi connectivity index (χ0) is 11.7. The van der Waals surface area contributed by atoms with E-state index in [2.05, 4.69) is 20.9 Å². The molecule has 0 fully saturated rings. The van der Waals surface area contributed by atoms with Crippen molar-refractivity contribution in [3.05, 3.63) is 27.7 Å². The van der Waals surface area contributed by atoms with Crippen molar-refractivity contribution in [2.75, 3.05) is 14.1 Å². The predicted molar refractivity (Wildman–Crippen MR) is 69.7 cm³/mol. The fourth-order valence-corrected chi connectivity index (χ4v) is 2.82. The maximum absolute atomic E-state index is 11.5. The molecule has 5 heteroatoms. The molecule has 0 spiro atoms. The van der Waals surface area contributed by atoms with E-state index < -0.39 is 0 Å². The molecular weight excluding hydrogens is 288 g/mol. The van der Waals surface area contributed by atoms with Crippen LogP contribution in [0.4, 0.5) is 0 Å². The van der Waals surface area contributed by atoms with Crippen molar-refractivity contribution in [3.63, 3.8) is 0 Å². The molecule has 1 heterocycles. The normalized spacial score (nSPS) is 10.7. The lowest BCUT2D eigenvalue weighted by atomic mass is 10.3. The van der Waals surface area contributed by atoms with E-state index in [9.17, 15) is 4.79 Å². The summed E-state index contributed by atoms with van der Waals surface area (Å²) in [6.45, 7) is 0. The molecule has 3 nitrogen and oxygen atoms in total. The lowest BCUT2D eigenvalue weighted by Gasteiger charge is -2.07. The average Bonchev–Trinajstić information content (AvgIpc) is 2.58. The Morgan fingerprint density at radius 3 is 2.94 bits per heavy atom. The molecule has 2 aromatic rings. The number of halogens is 1. The maximum Gasteiger partial charge on any atom is 0.228 e. The summed E-state index contributed by atoms with van der Waals surface area (Å²) in [4.78, 5) is 17.6. The van der Waals surface area contributed by atoms with Gasteiger partial charge in [0.15, 0.2) is 0 Å². The minimum Gasteiger partial charge on any atom is -0.348 e. The van der Waals surface area contributed by atoms with Crippen LogP contribution >= 0.6 is 27.3 Å². The van der Waals surface area contributed by atoms with Crippen LogP contribution in [0.1, 0.15) is 5.01 Å². The summed E-state index contributed by atoms with van der Waals surface area (Å²) in [6, 6.07) is 5.94. The van der Waals surface area contributed by atoms with Crippen molar-refractivity contribution in [2.24, 2.45) is 0 Å². The molecule has 0 unspecified atom stereocenters. The Balaban J connectivity index is 2.29. The third-order valence-corrected chi connectivity index (χ3v) is 3.71. The Morgan fingerprint density at radius 2 is 2.25 bits per heavy atom. The molecule has 1 amide bonds. The molecule has 16 heavy (non-hydrogen) atoms. The zero-order valence-electron chi connectivity index (χ0n) is 9.03. The van der Waals surface area contributed by atoms with Gasteiger partial charge in [0.25, 0.3) is 0 Å². The van der Waals surface area contributed by atoms with E-state index in [4.69, 9.17) is 0 Å². The molecule has 0 N–H and O–H groups in total. The molecule has 84 valence electrons. The number of carbonyl (C=O) groups is 1. The van der Waals surface area contributed by atoms with Gasteiger partial charge in [0, 0.05) is 18.6 Å². The van der Waals surface area contributed by atoms with Gasteiger partial charge in [-0.2, -0.15) is 0 Å². The number of hydrogen-bond acceptors (Lipinski definition) is 3. The number of nitrogens with zero attached hydrogens (tertiary/aromatic N) is 2. The van der Waals surface area contributed by atoms with Crippen molar-refractivity contribution in [1.29, 1.82) is 0 Å². The van der Waals surface area contributed by atoms with Crippen molar-refractivity contribution in [2.45, 2.75) is 6.42 Å². The number of rotatable bonds is 2. The van der Waals surface area contributed by atoms with E-state index in [1.54, 1.807) is 30.3 Å². The first kappa shape index (κ1) is 11.5. The SMILES string of the molecule is CN(C)C(=O)Cc1nc2ccc(Br)cc2s1. The van der Waals surface area contributed by atoms with E-state index in [1.165, 1.54) is 0 Å². The third kappa shape index (κ3) is 2.41. The van der Waals surface area contributed by atoms with Crippen LogP contribution in [0.3, 0.4) is 0 Å². The standard InChI is InChI=1S/C11H11BrN2OS/c1-14(2)11(15)6-10-13-8-4-3-7(12)5-9(8)16-10/h3-5H,6H2,1-2H3. The third-order valence-electron chi connectivity index (χ3n) is 2.20. The van der Waals surface area contributed by atoms with Crippen LogP contribution in [0.15, 0.2) is 22.7 Å². The van der Waals surface area contributed by atoms with Crippen molar-refractivity contribution in [3.8, 4) is 0 Å². The van der Waals surface area contributed by atoms with E-state index in [1.807, 2.05) is 18.2 Å². The summed E-state index contributed by atoms with van der Waals surface area (Å²) in [5.74, 6) is 0.0816. The summed E-state index contributed by atoms with van der Waals surface area (Å²) in [5, 5.41) is 0.867. The monoisotopic (exact) mass is 298 g/mol. The molecule has 0 radical (unpaired) electrons. The van der Waals surface area contributed by atoms with E-state index in [-0.39, 0.29) is 5.91 Å². The lowest BCUT2D eigenvalue weighted by molar-refractivity contribution is -0.127. The minimum absolute atomic E-state index is 0.0816. The van der Waals surface area contributed by atoms with Crippen molar-refractivity contribution >= 4 is 43.4 Å². The Bertz CT molecular complexity index is 536. The molecule has 1 aromatic heterocycles. The van der Waals surface area contributed by atoms with Crippen LogP contribution in [-0.2, 0) is 11.2 Å². The molecule has 0 atom stereocenters. The number of carbonyl (C=O) groups excluding carboxylic acids is 1. The summed E-state index contributed by atoms with van der Waals surface area (Å²) in [6.07, 6.45) is 0.379. The molecule has 1 aromatic carbocycles. The van der Waals surface area contributed by atoms with E-state index in [0.29, 0.717) is 6.42 Å². The second-order valence-corrected chi connectivity index (χ2v) is 5.72. The second kappa shape index (κ2) is 4.51. The Morgan fingerprint density at radius 1 is 1.50 bits per heavy atom. The molecule has 0 saturated heterocycles. The highest BCUT2D eigenvalue weighted by molar-refractivity contribution is 9.10. The number of amides is 1. The minimum atomic E-state index is 0.0816. The van der Waals surface area contributed by atoms with Gasteiger partial charge in [-0.1, -0.05) is 15.9 Å². The van der Waals surface area contributed by atoms with Crippen LogP contribution in [0, 0.1) is 0 Å². The summed E-state index contributed by atoms with van der Waals surface area (Å²) < 4.78 is 2.14. The lowest BCUT2D eigenvalue weighted by Crippen LogP contribution is -2.23.